The lowest BCUT2D eigenvalue weighted by molar-refractivity contribution is -0.127. The summed E-state index contributed by atoms with van der Waals surface area (Å²) in [5, 5.41) is 5.44. The number of halogens is 2. The molecule has 1 aliphatic rings. The predicted octanol–water partition coefficient (Wildman–Crippen LogP) is 6.72. The molecule has 1 fully saturated rings. The number of rotatable bonds is 8. The number of aryl methyl sites for hydroxylation is 3. The van der Waals surface area contributed by atoms with E-state index in [2.05, 4.69) is 26.6 Å². The van der Waals surface area contributed by atoms with E-state index in [9.17, 15) is 19.2 Å². The van der Waals surface area contributed by atoms with Crippen molar-refractivity contribution in [1.82, 2.24) is 4.90 Å². The first-order valence-corrected chi connectivity index (χ1v) is 14.1. The van der Waals surface area contributed by atoms with Gasteiger partial charge in [0.2, 0.25) is 5.91 Å². The molecule has 4 amide bonds. The summed E-state index contributed by atoms with van der Waals surface area (Å²) in [4.78, 5) is 51.2. The third-order valence-electron chi connectivity index (χ3n) is 6.05. The Kier molecular flexibility index (Phi) is 9.34. The van der Waals surface area contributed by atoms with Gasteiger partial charge in [0, 0.05) is 15.2 Å². The van der Waals surface area contributed by atoms with Gasteiger partial charge >= 0.3 is 0 Å². The first-order valence-electron chi connectivity index (χ1n) is 12.1. The summed E-state index contributed by atoms with van der Waals surface area (Å²) >= 11 is 10.2. The summed E-state index contributed by atoms with van der Waals surface area (Å²) < 4.78 is 6.37. The minimum absolute atomic E-state index is 0.186. The summed E-state index contributed by atoms with van der Waals surface area (Å²) in [5.74, 6) is -0.907. The highest BCUT2D eigenvalue weighted by atomic mass is 79.9. The molecule has 0 saturated carbocycles. The number of ether oxygens (including phenoxy) is 1. The minimum Gasteiger partial charge on any atom is -0.484 e. The lowest BCUT2D eigenvalue weighted by atomic mass is 10.1. The van der Waals surface area contributed by atoms with Crippen LogP contribution in [-0.4, -0.2) is 41.0 Å². The molecule has 4 rings (SSSR count). The lowest BCUT2D eigenvalue weighted by Crippen LogP contribution is -2.36. The van der Waals surface area contributed by atoms with E-state index in [4.69, 9.17) is 16.3 Å². The second-order valence-corrected chi connectivity index (χ2v) is 11.4. The molecule has 3 aromatic carbocycles. The van der Waals surface area contributed by atoms with Crippen LogP contribution in [-0.2, 0) is 14.4 Å². The molecular formula is C29H25BrClN3O5S. The molecule has 11 heteroatoms. The Balaban J connectivity index is 1.32. The number of hydrogen-bond donors (Lipinski definition) is 2. The monoisotopic (exact) mass is 641 g/mol. The van der Waals surface area contributed by atoms with Crippen molar-refractivity contribution in [2.45, 2.75) is 20.8 Å². The van der Waals surface area contributed by atoms with Crippen LogP contribution in [0, 0.1) is 20.8 Å². The van der Waals surface area contributed by atoms with Crippen molar-refractivity contribution in [2.24, 2.45) is 0 Å². The van der Waals surface area contributed by atoms with E-state index in [-0.39, 0.29) is 17.4 Å². The van der Waals surface area contributed by atoms with Gasteiger partial charge in [0.05, 0.1) is 10.6 Å². The van der Waals surface area contributed by atoms with E-state index < -0.39 is 23.6 Å². The maximum absolute atomic E-state index is 12.8. The number of nitrogens with one attached hydrogen (secondary N) is 2. The molecule has 40 heavy (non-hydrogen) atoms. The summed E-state index contributed by atoms with van der Waals surface area (Å²) in [6, 6.07) is 15.6. The number of imide groups is 1. The van der Waals surface area contributed by atoms with Gasteiger partial charge in [-0.05, 0) is 113 Å². The highest BCUT2D eigenvalue weighted by molar-refractivity contribution is 9.10. The number of thioether (sulfide) groups is 1. The van der Waals surface area contributed by atoms with Gasteiger partial charge in [0.25, 0.3) is 17.1 Å². The Labute approximate surface area is 249 Å². The average molecular weight is 643 g/mol. The molecule has 206 valence electrons. The molecule has 1 saturated heterocycles. The molecule has 0 aromatic heterocycles. The lowest BCUT2D eigenvalue weighted by Gasteiger charge is -2.13. The third kappa shape index (κ3) is 7.32. The normalized spacial score (nSPS) is 14.0. The van der Waals surface area contributed by atoms with E-state index in [1.54, 1.807) is 48.5 Å². The molecule has 1 heterocycles. The highest BCUT2D eigenvalue weighted by Crippen LogP contribution is 2.32. The van der Waals surface area contributed by atoms with Gasteiger partial charge < -0.3 is 15.4 Å². The van der Waals surface area contributed by atoms with Crippen LogP contribution in [0.5, 0.6) is 5.75 Å². The SMILES string of the molecule is Cc1cc(Br)c(NC(=O)COc2ccc(/C=C3/SC(=O)N(CC(=O)Nc4cc(Cl)ccc4C)C3=O)cc2)cc1C. The second-order valence-electron chi connectivity index (χ2n) is 9.10. The molecule has 0 spiro atoms. The fourth-order valence-corrected chi connectivity index (χ4v) is 5.29. The minimum atomic E-state index is -0.553. The number of benzene rings is 3. The molecule has 8 nitrogen and oxygen atoms in total. The average Bonchev–Trinajstić information content (AvgIpc) is 3.16. The third-order valence-corrected chi connectivity index (χ3v) is 7.85. The quantitative estimate of drug-likeness (QED) is 0.265. The Morgan fingerprint density at radius 2 is 1.60 bits per heavy atom. The number of anilines is 2. The van der Waals surface area contributed by atoms with Crippen molar-refractivity contribution in [3.63, 3.8) is 0 Å². The van der Waals surface area contributed by atoms with Crippen LogP contribution in [0.2, 0.25) is 5.02 Å². The molecule has 0 bridgehead atoms. The summed E-state index contributed by atoms with van der Waals surface area (Å²) in [7, 11) is 0. The smallest absolute Gasteiger partial charge is 0.294 e. The van der Waals surface area contributed by atoms with Crippen LogP contribution < -0.4 is 15.4 Å². The predicted molar refractivity (Wildman–Crippen MR) is 162 cm³/mol. The summed E-state index contributed by atoms with van der Waals surface area (Å²) in [6.45, 7) is 5.17. The molecule has 0 unspecified atom stereocenters. The summed E-state index contributed by atoms with van der Waals surface area (Å²) in [6.07, 6.45) is 1.57. The number of carbonyl (C=O) groups excluding carboxylic acids is 4. The molecule has 0 radical (unpaired) electrons. The number of hydrogen-bond acceptors (Lipinski definition) is 6. The Bertz CT molecular complexity index is 1540. The molecule has 1 aliphatic heterocycles. The van der Waals surface area contributed by atoms with Crippen molar-refractivity contribution in [3.05, 3.63) is 91.3 Å². The molecule has 2 N–H and O–H groups in total. The van der Waals surface area contributed by atoms with E-state index in [0.29, 0.717) is 27.7 Å². The van der Waals surface area contributed by atoms with Crippen molar-refractivity contribution in [2.75, 3.05) is 23.8 Å². The zero-order valence-corrected chi connectivity index (χ0v) is 25.0. The van der Waals surface area contributed by atoms with E-state index in [0.717, 1.165) is 37.8 Å². The van der Waals surface area contributed by atoms with Crippen molar-refractivity contribution >= 4 is 79.7 Å². The van der Waals surface area contributed by atoms with Gasteiger partial charge in [-0.25, -0.2) is 0 Å². The van der Waals surface area contributed by atoms with Crippen molar-refractivity contribution < 1.29 is 23.9 Å². The first kappa shape index (κ1) is 29.4. The Morgan fingerprint density at radius 3 is 2.33 bits per heavy atom. The maximum Gasteiger partial charge on any atom is 0.294 e. The van der Waals surface area contributed by atoms with Gasteiger partial charge in [-0.1, -0.05) is 29.8 Å². The van der Waals surface area contributed by atoms with Gasteiger partial charge in [-0.15, -0.1) is 0 Å². The van der Waals surface area contributed by atoms with E-state index >= 15 is 0 Å². The zero-order chi connectivity index (χ0) is 29.0. The van der Waals surface area contributed by atoms with Crippen molar-refractivity contribution in [3.8, 4) is 5.75 Å². The largest absolute Gasteiger partial charge is 0.484 e. The first-order chi connectivity index (χ1) is 19.0. The number of nitrogens with zero attached hydrogens (tertiary/aromatic N) is 1. The van der Waals surface area contributed by atoms with E-state index in [1.165, 1.54) is 0 Å². The fourth-order valence-electron chi connectivity index (χ4n) is 3.72. The standard InChI is InChI=1S/C29H25BrClN3O5S/c1-16-4-7-20(31)13-23(16)32-26(35)14-34-28(37)25(40-29(34)38)12-19-5-8-21(9-6-19)39-15-27(36)33-24-11-18(3)17(2)10-22(24)30/h4-13H,14-15H2,1-3H3,(H,32,35)(H,33,36)/b25-12+. The van der Waals surface area contributed by atoms with Crippen LogP contribution in [0.4, 0.5) is 16.2 Å². The number of amides is 4. The Morgan fingerprint density at radius 1 is 0.925 bits per heavy atom. The van der Waals surface area contributed by atoms with Gasteiger partial charge in [0.15, 0.2) is 6.61 Å². The highest BCUT2D eigenvalue weighted by Gasteiger charge is 2.36. The van der Waals surface area contributed by atoms with Crippen LogP contribution >= 0.6 is 39.3 Å². The Hall–Kier alpha value is -3.60. The van der Waals surface area contributed by atoms with Crippen LogP contribution in [0.1, 0.15) is 22.3 Å². The van der Waals surface area contributed by atoms with E-state index in [1.807, 2.05) is 32.9 Å². The fraction of sp³-hybridized carbons (Fsp3) is 0.172. The maximum atomic E-state index is 12.8. The molecule has 0 aliphatic carbocycles. The van der Waals surface area contributed by atoms with Gasteiger partial charge in [0.1, 0.15) is 12.3 Å². The molecular weight excluding hydrogens is 618 g/mol. The topological polar surface area (TPSA) is 105 Å². The number of carbonyl (C=O) groups is 4. The van der Waals surface area contributed by atoms with Crippen molar-refractivity contribution in [1.29, 1.82) is 0 Å². The molecule has 0 atom stereocenters. The van der Waals surface area contributed by atoms with Crippen LogP contribution in [0.15, 0.2) is 64.0 Å². The van der Waals surface area contributed by atoms with Gasteiger partial charge in [-0.3, -0.25) is 24.1 Å². The zero-order valence-electron chi connectivity index (χ0n) is 21.8. The second kappa shape index (κ2) is 12.7. The van der Waals surface area contributed by atoms with Crippen LogP contribution in [0.3, 0.4) is 0 Å². The van der Waals surface area contributed by atoms with Gasteiger partial charge in [-0.2, -0.15) is 0 Å². The summed E-state index contributed by atoms with van der Waals surface area (Å²) in [5.41, 5.74) is 4.80. The molecule has 3 aromatic rings. The van der Waals surface area contributed by atoms with Crippen LogP contribution in [0.25, 0.3) is 6.08 Å².